The van der Waals surface area contributed by atoms with Crippen molar-refractivity contribution in [3.05, 3.63) is 41.2 Å². The third-order valence-electron chi connectivity index (χ3n) is 3.00. The highest BCUT2D eigenvalue weighted by atomic mass is 35.5. The molecule has 96 valence electrons. The molecule has 1 atom stereocenters. The average molecular weight is 274 g/mol. The third-order valence-corrected chi connectivity index (χ3v) is 3.29. The number of hydrogen-bond donors (Lipinski definition) is 0. The summed E-state index contributed by atoms with van der Waals surface area (Å²) in [5, 5.41) is 10.8. The van der Waals surface area contributed by atoms with Gasteiger partial charge in [-0.05, 0) is 18.4 Å². The zero-order chi connectivity index (χ0) is 14.0. The molecular weight excluding hydrogens is 262 g/mol. The number of benzene rings is 1. The zero-order valence-electron chi connectivity index (χ0n) is 10.6. The topological polar surface area (TPSA) is 57.0 Å². The molecule has 1 unspecified atom stereocenters. The number of hydrogen-bond acceptors (Lipinski definition) is 3. The lowest BCUT2D eigenvalue weighted by atomic mass is 10.1. The van der Waals surface area contributed by atoms with Crippen LogP contribution in [0.3, 0.4) is 0 Å². The van der Waals surface area contributed by atoms with Gasteiger partial charge in [-0.25, -0.2) is 4.98 Å². The van der Waals surface area contributed by atoms with E-state index in [1.165, 1.54) is 4.90 Å². The smallest absolute Gasteiger partial charge is 0.273 e. The van der Waals surface area contributed by atoms with Crippen LogP contribution in [-0.4, -0.2) is 28.9 Å². The van der Waals surface area contributed by atoms with E-state index in [1.54, 1.807) is 20.0 Å². The average Bonchev–Trinajstić information content (AvgIpc) is 2.44. The Morgan fingerprint density at radius 2 is 2.16 bits per heavy atom. The van der Waals surface area contributed by atoms with Crippen LogP contribution in [-0.2, 0) is 0 Å². The molecule has 2 rings (SSSR count). The second kappa shape index (κ2) is 5.25. The Morgan fingerprint density at radius 3 is 2.84 bits per heavy atom. The van der Waals surface area contributed by atoms with Crippen molar-refractivity contribution in [2.24, 2.45) is 0 Å². The van der Waals surface area contributed by atoms with E-state index in [-0.39, 0.29) is 11.6 Å². The van der Waals surface area contributed by atoms with Gasteiger partial charge in [-0.3, -0.25) is 4.79 Å². The Labute approximate surface area is 116 Å². The van der Waals surface area contributed by atoms with Crippen LogP contribution in [0.4, 0.5) is 0 Å². The van der Waals surface area contributed by atoms with Crippen molar-refractivity contribution in [2.45, 2.75) is 13.0 Å². The van der Waals surface area contributed by atoms with Crippen LogP contribution in [0.1, 0.15) is 17.4 Å². The molecule has 1 aromatic carbocycles. The van der Waals surface area contributed by atoms with E-state index in [1.807, 2.05) is 30.3 Å². The summed E-state index contributed by atoms with van der Waals surface area (Å²) in [4.78, 5) is 17.6. The lowest BCUT2D eigenvalue weighted by Gasteiger charge is -2.19. The fourth-order valence-electron chi connectivity index (χ4n) is 1.71. The largest absolute Gasteiger partial charge is 0.325 e. The minimum atomic E-state index is -0.514. The summed E-state index contributed by atoms with van der Waals surface area (Å²) in [7, 11) is 1.57. The van der Waals surface area contributed by atoms with E-state index in [9.17, 15) is 4.79 Å². The van der Waals surface area contributed by atoms with Gasteiger partial charge in [0, 0.05) is 12.4 Å². The van der Waals surface area contributed by atoms with Crippen molar-refractivity contribution in [3.63, 3.8) is 0 Å². The molecule has 0 bridgehead atoms. The molecular formula is C14H12ClN3O. The molecule has 0 saturated carbocycles. The first-order valence-electron chi connectivity index (χ1n) is 5.76. The lowest BCUT2D eigenvalue weighted by molar-refractivity contribution is 0.0767. The molecule has 0 aliphatic heterocycles. The Hall–Kier alpha value is -2.12. The fraction of sp³-hybridized carbons (Fsp3) is 0.214. The Balaban J connectivity index is 2.47. The molecule has 0 N–H and O–H groups in total. The number of nitrogens with zero attached hydrogens (tertiary/aromatic N) is 3. The molecule has 5 heteroatoms. The maximum Gasteiger partial charge on any atom is 0.273 e. The number of pyridine rings is 1. The van der Waals surface area contributed by atoms with Crippen LogP contribution in [0.2, 0.25) is 5.15 Å². The van der Waals surface area contributed by atoms with Crippen molar-refractivity contribution >= 4 is 28.3 Å². The minimum Gasteiger partial charge on any atom is -0.325 e. The Kier molecular flexibility index (Phi) is 3.68. The van der Waals surface area contributed by atoms with Crippen LogP contribution < -0.4 is 0 Å². The van der Waals surface area contributed by atoms with E-state index < -0.39 is 6.04 Å². The van der Waals surface area contributed by atoms with Gasteiger partial charge in [-0.15, -0.1) is 0 Å². The summed E-state index contributed by atoms with van der Waals surface area (Å²) >= 11 is 6.08. The van der Waals surface area contributed by atoms with E-state index in [2.05, 4.69) is 4.98 Å². The van der Waals surface area contributed by atoms with E-state index in [4.69, 9.17) is 16.9 Å². The molecule has 19 heavy (non-hydrogen) atoms. The summed E-state index contributed by atoms with van der Waals surface area (Å²) in [5.41, 5.74) is 0.244. The molecule has 0 aliphatic rings. The van der Waals surface area contributed by atoms with Gasteiger partial charge >= 0.3 is 0 Å². The van der Waals surface area contributed by atoms with Gasteiger partial charge in [-0.1, -0.05) is 35.9 Å². The van der Waals surface area contributed by atoms with Crippen LogP contribution in [0.15, 0.2) is 30.3 Å². The lowest BCUT2D eigenvalue weighted by Crippen LogP contribution is -2.34. The third kappa shape index (κ3) is 2.51. The van der Waals surface area contributed by atoms with Gasteiger partial charge in [0.05, 0.1) is 6.07 Å². The fourth-order valence-corrected chi connectivity index (χ4v) is 1.97. The van der Waals surface area contributed by atoms with Crippen LogP contribution >= 0.6 is 11.6 Å². The quantitative estimate of drug-likeness (QED) is 0.791. The number of nitriles is 1. The van der Waals surface area contributed by atoms with Crippen LogP contribution in [0.25, 0.3) is 10.8 Å². The van der Waals surface area contributed by atoms with Gasteiger partial charge in [0.2, 0.25) is 0 Å². The first kappa shape index (κ1) is 13.3. The second-order valence-corrected chi connectivity index (χ2v) is 4.60. The monoisotopic (exact) mass is 273 g/mol. The molecule has 0 saturated heterocycles. The predicted molar refractivity (Wildman–Crippen MR) is 73.9 cm³/mol. The Bertz CT molecular complexity index is 678. The van der Waals surface area contributed by atoms with Crippen LogP contribution in [0, 0.1) is 11.3 Å². The summed E-state index contributed by atoms with van der Waals surface area (Å²) in [6.45, 7) is 1.65. The standard InChI is InChI=1S/C14H12ClN3O/c1-9(8-16)18(2)14(19)12-7-10-5-3-4-6-11(10)13(15)17-12/h3-7,9H,1-2H3. The second-order valence-electron chi connectivity index (χ2n) is 4.24. The summed E-state index contributed by atoms with van der Waals surface area (Å²) in [6, 6.07) is 10.6. The number of carbonyl (C=O) groups excluding carboxylic acids is 1. The van der Waals surface area contributed by atoms with Gasteiger partial charge < -0.3 is 4.90 Å². The van der Waals surface area contributed by atoms with Crippen molar-refractivity contribution in [2.75, 3.05) is 7.05 Å². The number of rotatable bonds is 2. The molecule has 1 aromatic heterocycles. The predicted octanol–water partition coefficient (Wildman–Crippen LogP) is 2.87. The molecule has 1 heterocycles. The maximum atomic E-state index is 12.2. The number of aromatic nitrogens is 1. The highest BCUT2D eigenvalue weighted by molar-refractivity contribution is 6.34. The summed E-state index contributed by atoms with van der Waals surface area (Å²) in [5.74, 6) is -0.318. The summed E-state index contributed by atoms with van der Waals surface area (Å²) < 4.78 is 0. The molecule has 2 aromatic rings. The normalized spacial score (nSPS) is 11.9. The number of fused-ring (bicyclic) bond motifs is 1. The van der Waals surface area contributed by atoms with E-state index in [0.717, 1.165) is 10.8 Å². The summed E-state index contributed by atoms with van der Waals surface area (Å²) in [6.07, 6.45) is 0. The first-order valence-corrected chi connectivity index (χ1v) is 6.14. The molecule has 4 nitrogen and oxygen atoms in total. The molecule has 0 aliphatic carbocycles. The van der Waals surface area contributed by atoms with Gasteiger partial charge in [-0.2, -0.15) is 5.26 Å². The van der Waals surface area contributed by atoms with Crippen LogP contribution in [0.5, 0.6) is 0 Å². The van der Waals surface area contributed by atoms with E-state index >= 15 is 0 Å². The van der Waals surface area contributed by atoms with Crippen molar-refractivity contribution in [1.82, 2.24) is 9.88 Å². The number of amides is 1. The van der Waals surface area contributed by atoms with Gasteiger partial charge in [0.25, 0.3) is 5.91 Å². The Morgan fingerprint density at radius 1 is 1.47 bits per heavy atom. The zero-order valence-corrected chi connectivity index (χ0v) is 11.3. The minimum absolute atomic E-state index is 0.244. The molecule has 0 fully saturated rings. The van der Waals surface area contributed by atoms with Crippen molar-refractivity contribution in [1.29, 1.82) is 5.26 Å². The van der Waals surface area contributed by atoms with E-state index in [0.29, 0.717) is 5.15 Å². The molecule has 0 radical (unpaired) electrons. The van der Waals surface area contributed by atoms with Crippen molar-refractivity contribution < 1.29 is 4.79 Å². The highest BCUT2D eigenvalue weighted by Gasteiger charge is 2.19. The maximum absolute atomic E-state index is 12.2. The first-order chi connectivity index (χ1) is 9.04. The highest BCUT2D eigenvalue weighted by Crippen LogP contribution is 2.22. The molecule has 1 amide bonds. The van der Waals surface area contributed by atoms with Gasteiger partial charge in [0.1, 0.15) is 16.9 Å². The molecule has 0 spiro atoms. The number of carbonyl (C=O) groups is 1. The SMILES string of the molecule is CC(C#N)N(C)C(=O)c1cc2ccccc2c(Cl)n1. The van der Waals surface area contributed by atoms with Crippen molar-refractivity contribution in [3.8, 4) is 6.07 Å². The number of halogens is 1. The van der Waals surface area contributed by atoms with Gasteiger partial charge in [0.15, 0.2) is 0 Å².